The number of amides is 1. The number of aromatic nitrogens is 3. The maximum absolute atomic E-state index is 12.6. The second-order valence-electron chi connectivity index (χ2n) is 6.49. The number of hydrogen-bond acceptors (Lipinski definition) is 6. The van der Waals surface area contributed by atoms with Crippen molar-refractivity contribution in [3.05, 3.63) is 41.6 Å². The summed E-state index contributed by atoms with van der Waals surface area (Å²) in [5.74, 6) is 1.16. The molecule has 1 N–H and O–H groups in total. The van der Waals surface area contributed by atoms with Crippen molar-refractivity contribution >= 4 is 22.2 Å². The molecule has 1 saturated heterocycles. The standard InChI is InChI=1S/C17H21N5O2S/c1-12(15-10-22-17(20-15)25-11-18-22)19-16(23)13-4-6-21(7-5-13)9-14-3-2-8-24-14/h2-3,8,10-13H,4-7,9H2,1H3,(H,19,23)/t12-/m0/s1. The first-order valence-electron chi connectivity index (χ1n) is 8.53. The second-order valence-corrected chi connectivity index (χ2v) is 7.30. The van der Waals surface area contributed by atoms with Crippen LogP contribution in [0.3, 0.4) is 0 Å². The number of nitrogens with zero attached hydrogens (tertiary/aromatic N) is 4. The summed E-state index contributed by atoms with van der Waals surface area (Å²) in [7, 11) is 0. The predicted molar refractivity (Wildman–Crippen MR) is 94.1 cm³/mol. The number of furan rings is 1. The molecule has 0 radical (unpaired) electrons. The van der Waals surface area contributed by atoms with Crippen molar-refractivity contribution < 1.29 is 9.21 Å². The lowest BCUT2D eigenvalue weighted by Crippen LogP contribution is -2.40. The van der Waals surface area contributed by atoms with Gasteiger partial charge in [0, 0.05) is 5.92 Å². The van der Waals surface area contributed by atoms with Gasteiger partial charge in [-0.05, 0) is 45.0 Å². The molecule has 0 saturated carbocycles. The third-order valence-corrected chi connectivity index (χ3v) is 5.41. The van der Waals surface area contributed by atoms with Crippen LogP contribution in [0.2, 0.25) is 0 Å². The van der Waals surface area contributed by atoms with E-state index in [2.05, 4.69) is 20.3 Å². The maximum Gasteiger partial charge on any atom is 0.223 e. The zero-order valence-corrected chi connectivity index (χ0v) is 14.9. The monoisotopic (exact) mass is 359 g/mol. The topological polar surface area (TPSA) is 75.7 Å². The summed E-state index contributed by atoms with van der Waals surface area (Å²) in [4.78, 5) is 20.3. The molecule has 0 aromatic carbocycles. The number of imidazole rings is 1. The van der Waals surface area contributed by atoms with Gasteiger partial charge < -0.3 is 9.73 Å². The van der Waals surface area contributed by atoms with Crippen LogP contribution in [0.5, 0.6) is 0 Å². The highest BCUT2D eigenvalue weighted by molar-refractivity contribution is 7.14. The Morgan fingerprint density at radius 2 is 2.32 bits per heavy atom. The molecule has 0 spiro atoms. The minimum Gasteiger partial charge on any atom is -0.468 e. The van der Waals surface area contributed by atoms with Gasteiger partial charge in [-0.3, -0.25) is 9.69 Å². The molecular weight excluding hydrogens is 338 g/mol. The van der Waals surface area contributed by atoms with E-state index in [1.54, 1.807) is 16.3 Å². The van der Waals surface area contributed by atoms with E-state index in [-0.39, 0.29) is 17.9 Å². The van der Waals surface area contributed by atoms with Crippen molar-refractivity contribution in [1.82, 2.24) is 24.8 Å². The molecule has 4 heterocycles. The molecule has 0 bridgehead atoms. The lowest BCUT2D eigenvalue weighted by atomic mass is 9.95. The van der Waals surface area contributed by atoms with Gasteiger partial charge in [0.2, 0.25) is 10.9 Å². The maximum atomic E-state index is 12.6. The van der Waals surface area contributed by atoms with E-state index in [1.165, 1.54) is 11.3 Å². The van der Waals surface area contributed by atoms with E-state index in [0.717, 1.165) is 48.9 Å². The molecule has 4 rings (SSSR count). The largest absolute Gasteiger partial charge is 0.468 e. The molecule has 3 aromatic heterocycles. The molecule has 3 aromatic rings. The molecule has 7 nitrogen and oxygen atoms in total. The molecule has 1 atom stereocenters. The minimum atomic E-state index is -0.109. The van der Waals surface area contributed by atoms with Gasteiger partial charge in [-0.2, -0.15) is 5.10 Å². The normalized spacial score (nSPS) is 17.8. The summed E-state index contributed by atoms with van der Waals surface area (Å²) in [6.45, 7) is 4.61. The van der Waals surface area contributed by atoms with E-state index >= 15 is 0 Å². The molecule has 132 valence electrons. The average molecular weight is 359 g/mol. The van der Waals surface area contributed by atoms with Crippen LogP contribution in [0.15, 0.2) is 34.5 Å². The number of carbonyl (C=O) groups is 1. The van der Waals surface area contributed by atoms with Gasteiger partial charge in [0.1, 0.15) is 11.3 Å². The predicted octanol–water partition coefficient (Wildman–Crippen LogP) is 2.47. The SMILES string of the molecule is C[C@H](NC(=O)C1CCN(Cc2ccco2)CC1)c1cn2ncsc2n1. The van der Waals surface area contributed by atoms with Crippen molar-refractivity contribution in [3.8, 4) is 0 Å². The van der Waals surface area contributed by atoms with Crippen LogP contribution >= 0.6 is 11.3 Å². The summed E-state index contributed by atoms with van der Waals surface area (Å²) in [6.07, 6.45) is 5.33. The summed E-state index contributed by atoms with van der Waals surface area (Å²) in [5.41, 5.74) is 2.61. The number of piperidine rings is 1. The number of nitrogens with one attached hydrogen (secondary N) is 1. The van der Waals surface area contributed by atoms with Crippen molar-refractivity contribution in [3.63, 3.8) is 0 Å². The van der Waals surface area contributed by atoms with E-state index in [1.807, 2.05) is 25.3 Å². The first kappa shape index (κ1) is 16.3. The van der Waals surface area contributed by atoms with Crippen LogP contribution in [0.1, 0.15) is 37.3 Å². The average Bonchev–Trinajstić information content (AvgIpc) is 3.32. The fourth-order valence-electron chi connectivity index (χ4n) is 3.25. The molecule has 1 amide bonds. The highest BCUT2D eigenvalue weighted by atomic mass is 32.1. The Kier molecular flexibility index (Phi) is 4.54. The fraction of sp³-hybridized carbons (Fsp3) is 0.471. The van der Waals surface area contributed by atoms with Crippen molar-refractivity contribution in [2.24, 2.45) is 5.92 Å². The Morgan fingerprint density at radius 3 is 3.04 bits per heavy atom. The Balaban J connectivity index is 1.29. The molecule has 0 aliphatic carbocycles. The second kappa shape index (κ2) is 6.97. The Labute approximate surface area is 149 Å². The zero-order chi connectivity index (χ0) is 17.2. The molecule has 8 heteroatoms. The molecule has 1 aliphatic heterocycles. The van der Waals surface area contributed by atoms with Gasteiger partial charge >= 0.3 is 0 Å². The van der Waals surface area contributed by atoms with Gasteiger partial charge in [0.25, 0.3) is 0 Å². The van der Waals surface area contributed by atoms with Crippen LogP contribution < -0.4 is 5.32 Å². The first-order valence-corrected chi connectivity index (χ1v) is 9.41. The van der Waals surface area contributed by atoms with Gasteiger partial charge in [0.05, 0.1) is 30.7 Å². The van der Waals surface area contributed by atoms with Crippen molar-refractivity contribution in [2.75, 3.05) is 13.1 Å². The van der Waals surface area contributed by atoms with Crippen molar-refractivity contribution in [2.45, 2.75) is 32.4 Å². The number of rotatable bonds is 5. The van der Waals surface area contributed by atoms with Crippen molar-refractivity contribution in [1.29, 1.82) is 0 Å². The summed E-state index contributed by atoms with van der Waals surface area (Å²) in [5, 5.41) is 7.28. The highest BCUT2D eigenvalue weighted by Crippen LogP contribution is 2.21. The molecule has 0 unspecified atom stereocenters. The number of likely N-dealkylation sites (tertiary alicyclic amines) is 1. The Hall–Kier alpha value is -2.19. The Morgan fingerprint density at radius 1 is 1.48 bits per heavy atom. The van der Waals surface area contributed by atoms with Gasteiger partial charge in [-0.15, -0.1) is 0 Å². The van der Waals surface area contributed by atoms with Gasteiger partial charge in [0.15, 0.2) is 0 Å². The van der Waals surface area contributed by atoms with Crippen LogP contribution in [-0.4, -0.2) is 38.5 Å². The molecule has 1 fully saturated rings. The third-order valence-electron chi connectivity index (χ3n) is 4.73. The number of hydrogen-bond donors (Lipinski definition) is 1. The third kappa shape index (κ3) is 3.59. The quantitative estimate of drug-likeness (QED) is 0.757. The lowest BCUT2D eigenvalue weighted by molar-refractivity contribution is -0.127. The summed E-state index contributed by atoms with van der Waals surface area (Å²) < 4.78 is 7.14. The smallest absolute Gasteiger partial charge is 0.223 e. The molecule has 1 aliphatic rings. The van der Waals surface area contributed by atoms with Gasteiger partial charge in [-0.1, -0.05) is 11.3 Å². The van der Waals surface area contributed by atoms with E-state index < -0.39 is 0 Å². The van der Waals surface area contributed by atoms with Gasteiger partial charge in [-0.25, -0.2) is 9.50 Å². The highest BCUT2D eigenvalue weighted by Gasteiger charge is 2.26. The van der Waals surface area contributed by atoms with E-state index in [9.17, 15) is 4.79 Å². The fourth-order valence-corrected chi connectivity index (χ4v) is 3.85. The summed E-state index contributed by atoms with van der Waals surface area (Å²) >= 11 is 1.49. The Bertz CT molecular complexity index is 804. The first-order chi connectivity index (χ1) is 12.2. The summed E-state index contributed by atoms with van der Waals surface area (Å²) in [6, 6.07) is 3.79. The lowest BCUT2D eigenvalue weighted by Gasteiger charge is -2.31. The molecule has 25 heavy (non-hydrogen) atoms. The van der Waals surface area contributed by atoms with Crippen LogP contribution in [0, 0.1) is 5.92 Å². The minimum absolute atomic E-state index is 0.0668. The number of carbonyl (C=O) groups excluding carboxylic acids is 1. The van der Waals surface area contributed by atoms with E-state index in [4.69, 9.17) is 4.42 Å². The van der Waals surface area contributed by atoms with Crippen LogP contribution in [-0.2, 0) is 11.3 Å². The molecular formula is C17H21N5O2S. The zero-order valence-electron chi connectivity index (χ0n) is 14.1. The van der Waals surface area contributed by atoms with Crippen LogP contribution in [0.25, 0.3) is 4.96 Å². The van der Waals surface area contributed by atoms with Crippen LogP contribution in [0.4, 0.5) is 0 Å². The number of fused-ring (bicyclic) bond motifs is 1. The van der Waals surface area contributed by atoms with E-state index in [0.29, 0.717) is 0 Å².